The van der Waals surface area contributed by atoms with Crippen molar-refractivity contribution in [1.29, 1.82) is 0 Å². The molecule has 0 radical (unpaired) electrons. The van der Waals surface area contributed by atoms with Gasteiger partial charge in [-0.1, -0.05) is 18.2 Å². The number of piperazine rings is 1. The van der Waals surface area contributed by atoms with E-state index in [1.165, 1.54) is 0 Å². The van der Waals surface area contributed by atoms with Crippen LogP contribution in [-0.4, -0.2) is 75.2 Å². The number of benzene rings is 2. The number of fused-ring (bicyclic) bond motifs is 1. The maximum absolute atomic E-state index is 12.7. The Bertz CT molecular complexity index is 804. The van der Waals surface area contributed by atoms with Crippen LogP contribution in [0.25, 0.3) is 10.8 Å². The van der Waals surface area contributed by atoms with Crippen molar-refractivity contribution in [3.63, 3.8) is 0 Å². The highest BCUT2D eigenvalue weighted by Gasteiger charge is 2.26. The van der Waals surface area contributed by atoms with Gasteiger partial charge >= 0.3 is 0 Å². The minimum atomic E-state index is -0.0720. The second-order valence-corrected chi connectivity index (χ2v) is 7.20. The molecule has 1 N–H and O–H groups in total. The molecule has 1 atom stereocenters. The molecule has 6 nitrogen and oxygen atoms in total. The van der Waals surface area contributed by atoms with Crippen molar-refractivity contribution in [3.8, 4) is 5.75 Å². The maximum Gasteiger partial charge on any atom is 0.236 e. The fourth-order valence-electron chi connectivity index (χ4n) is 3.81. The zero-order valence-corrected chi connectivity index (χ0v) is 15.8. The molecule has 2 saturated heterocycles. The van der Waals surface area contributed by atoms with Gasteiger partial charge in [-0.15, -0.1) is 0 Å². The summed E-state index contributed by atoms with van der Waals surface area (Å²) in [5.74, 6) is 1.06. The van der Waals surface area contributed by atoms with E-state index in [9.17, 15) is 4.79 Å². The molecule has 2 aromatic carbocycles. The predicted octanol–water partition coefficient (Wildman–Crippen LogP) is 1.65. The molecule has 4 rings (SSSR count). The van der Waals surface area contributed by atoms with Gasteiger partial charge in [-0.3, -0.25) is 9.69 Å². The van der Waals surface area contributed by atoms with Crippen molar-refractivity contribution in [2.45, 2.75) is 6.10 Å². The van der Waals surface area contributed by atoms with E-state index in [1.54, 1.807) is 7.11 Å². The molecule has 0 unspecified atom stereocenters. The zero-order chi connectivity index (χ0) is 18.6. The van der Waals surface area contributed by atoms with Crippen molar-refractivity contribution in [3.05, 3.63) is 42.0 Å². The van der Waals surface area contributed by atoms with E-state index in [0.29, 0.717) is 26.2 Å². The predicted molar refractivity (Wildman–Crippen MR) is 105 cm³/mol. The van der Waals surface area contributed by atoms with Crippen LogP contribution in [0.5, 0.6) is 5.75 Å². The van der Waals surface area contributed by atoms with Crippen molar-refractivity contribution >= 4 is 16.7 Å². The Morgan fingerprint density at radius 2 is 1.93 bits per heavy atom. The Kier molecular flexibility index (Phi) is 5.57. The van der Waals surface area contributed by atoms with Crippen LogP contribution < -0.4 is 10.1 Å². The molecule has 27 heavy (non-hydrogen) atoms. The molecular weight excluding hydrogens is 342 g/mol. The molecule has 0 aliphatic carbocycles. The van der Waals surface area contributed by atoms with Crippen LogP contribution in [-0.2, 0) is 9.53 Å². The van der Waals surface area contributed by atoms with E-state index in [0.717, 1.165) is 48.3 Å². The van der Waals surface area contributed by atoms with Crippen LogP contribution in [0.4, 0.5) is 0 Å². The van der Waals surface area contributed by atoms with Crippen LogP contribution >= 0.6 is 0 Å². The number of carbonyl (C=O) groups is 1. The SMILES string of the molecule is COc1ccc2cc([C@H]3CN(C(=O)CN4CCNCC4)CCO3)ccc2c1. The summed E-state index contributed by atoms with van der Waals surface area (Å²) in [6.07, 6.45) is -0.0720. The first-order chi connectivity index (χ1) is 13.2. The van der Waals surface area contributed by atoms with Gasteiger partial charge < -0.3 is 19.7 Å². The molecule has 0 aromatic heterocycles. The molecule has 0 spiro atoms. The van der Waals surface area contributed by atoms with Gasteiger partial charge in [-0.25, -0.2) is 0 Å². The van der Waals surface area contributed by atoms with Gasteiger partial charge in [-0.05, 0) is 34.5 Å². The van der Waals surface area contributed by atoms with Gasteiger partial charge in [0.05, 0.1) is 26.8 Å². The molecule has 0 bridgehead atoms. The summed E-state index contributed by atoms with van der Waals surface area (Å²) in [5.41, 5.74) is 1.12. The summed E-state index contributed by atoms with van der Waals surface area (Å²) in [7, 11) is 1.68. The van der Waals surface area contributed by atoms with Gasteiger partial charge in [-0.2, -0.15) is 0 Å². The summed E-state index contributed by atoms with van der Waals surface area (Å²) < 4.78 is 11.3. The third kappa shape index (κ3) is 4.24. The Labute approximate surface area is 160 Å². The highest BCUT2D eigenvalue weighted by atomic mass is 16.5. The lowest BCUT2D eigenvalue weighted by molar-refractivity contribution is -0.140. The van der Waals surface area contributed by atoms with Crippen molar-refractivity contribution in [2.75, 3.05) is 59.5 Å². The number of nitrogens with zero attached hydrogens (tertiary/aromatic N) is 2. The second kappa shape index (κ2) is 8.25. The topological polar surface area (TPSA) is 54.0 Å². The number of nitrogens with one attached hydrogen (secondary N) is 1. The molecule has 2 aliphatic heterocycles. The van der Waals surface area contributed by atoms with Crippen LogP contribution in [0.2, 0.25) is 0 Å². The maximum atomic E-state index is 12.7. The number of amides is 1. The quantitative estimate of drug-likeness (QED) is 0.888. The summed E-state index contributed by atoms with van der Waals surface area (Å²) in [6.45, 7) is 6.17. The molecular formula is C21H27N3O3. The second-order valence-electron chi connectivity index (χ2n) is 7.20. The normalized spacial score (nSPS) is 21.4. The molecule has 0 saturated carbocycles. The Balaban J connectivity index is 1.44. The lowest BCUT2D eigenvalue weighted by atomic mass is 10.0. The molecule has 2 heterocycles. The number of methoxy groups -OCH3 is 1. The smallest absolute Gasteiger partial charge is 0.236 e. The number of morpholine rings is 1. The van der Waals surface area contributed by atoms with Crippen molar-refractivity contribution < 1.29 is 14.3 Å². The summed E-state index contributed by atoms with van der Waals surface area (Å²) in [4.78, 5) is 16.9. The molecule has 2 fully saturated rings. The Hall–Kier alpha value is -2.15. The molecule has 2 aliphatic rings. The number of rotatable bonds is 4. The number of carbonyl (C=O) groups excluding carboxylic acids is 1. The first kappa shape index (κ1) is 18.2. The standard InChI is InChI=1S/C21H27N3O3/c1-26-19-5-4-16-12-18(3-2-17(16)13-19)20-14-24(10-11-27-20)21(25)15-23-8-6-22-7-9-23/h2-5,12-13,20,22H,6-11,14-15H2,1H3/t20-/m1/s1. The highest BCUT2D eigenvalue weighted by molar-refractivity contribution is 5.84. The van der Waals surface area contributed by atoms with Crippen LogP contribution in [0.3, 0.4) is 0 Å². The number of hydrogen-bond acceptors (Lipinski definition) is 5. The molecule has 1 amide bonds. The minimum absolute atomic E-state index is 0.0720. The average Bonchev–Trinajstić information content (AvgIpc) is 2.73. The highest BCUT2D eigenvalue weighted by Crippen LogP contribution is 2.28. The molecule has 6 heteroatoms. The number of hydrogen-bond donors (Lipinski definition) is 1. The van der Waals surface area contributed by atoms with E-state index < -0.39 is 0 Å². The van der Waals surface area contributed by atoms with Gasteiger partial charge in [0.25, 0.3) is 0 Å². The third-order valence-corrected chi connectivity index (χ3v) is 5.43. The van der Waals surface area contributed by atoms with Gasteiger partial charge in [0.1, 0.15) is 11.9 Å². The van der Waals surface area contributed by atoms with E-state index in [1.807, 2.05) is 17.0 Å². The average molecular weight is 369 g/mol. The Morgan fingerprint density at radius 3 is 2.74 bits per heavy atom. The van der Waals surface area contributed by atoms with Gasteiger partial charge in [0, 0.05) is 32.7 Å². The van der Waals surface area contributed by atoms with Gasteiger partial charge in [0.15, 0.2) is 0 Å². The Morgan fingerprint density at radius 1 is 1.15 bits per heavy atom. The summed E-state index contributed by atoms with van der Waals surface area (Å²) in [6, 6.07) is 12.4. The fraction of sp³-hybridized carbons (Fsp3) is 0.476. The van der Waals surface area contributed by atoms with E-state index >= 15 is 0 Å². The monoisotopic (exact) mass is 369 g/mol. The zero-order valence-electron chi connectivity index (χ0n) is 15.8. The first-order valence-electron chi connectivity index (χ1n) is 9.63. The molecule has 2 aromatic rings. The lowest BCUT2D eigenvalue weighted by Gasteiger charge is -2.35. The van der Waals surface area contributed by atoms with E-state index in [2.05, 4.69) is 34.5 Å². The van der Waals surface area contributed by atoms with Gasteiger partial charge in [0.2, 0.25) is 5.91 Å². The van der Waals surface area contributed by atoms with Crippen LogP contribution in [0, 0.1) is 0 Å². The van der Waals surface area contributed by atoms with E-state index in [4.69, 9.17) is 9.47 Å². The summed E-state index contributed by atoms with van der Waals surface area (Å²) in [5, 5.41) is 5.62. The third-order valence-electron chi connectivity index (χ3n) is 5.43. The van der Waals surface area contributed by atoms with Crippen LogP contribution in [0.15, 0.2) is 36.4 Å². The molecule has 144 valence electrons. The van der Waals surface area contributed by atoms with Crippen molar-refractivity contribution in [1.82, 2.24) is 15.1 Å². The first-order valence-corrected chi connectivity index (χ1v) is 9.63. The number of ether oxygens (including phenoxy) is 2. The fourth-order valence-corrected chi connectivity index (χ4v) is 3.81. The minimum Gasteiger partial charge on any atom is -0.497 e. The van der Waals surface area contributed by atoms with Crippen LogP contribution in [0.1, 0.15) is 11.7 Å². The largest absolute Gasteiger partial charge is 0.497 e. The lowest BCUT2D eigenvalue weighted by Crippen LogP contribution is -2.50. The van der Waals surface area contributed by atoms with Crippen molar-refractivity contribution in [2.24, 2.45) is 0 Å². The van der Waals surface area contributed by atoms with E-state index in [-0.39, 0.29) is 12.0 Å². The summed E-state index contributed by atoms with van der Waals surface area (Å²) >= 11 is 0.